The van der Waals surface area contributed by atoms with Crippen molar-refractivity contribution >= 4 is 33.2 Å². The third kappa shape index (κ3) is 3.51. The van der Waals surface area contributed by atoms with E-state index in [2.05, 4.69) is 21.2 Å². The molecule has 0 fully saturated rings. The number of halogens is 1. The van der Waals surface area contributed by atoms with Crippen LogP contribution in [0.5, 0.6) is 0 Å². The lowest BCUT2D eigenvalue weighted by Gasteiger charge is -2.09. The number of carbonyl (C=O) groups is 1. The number of anilines is 1. The van der Waals surface area contributed by atoms with Crippen LogP contribution in [-0.4, -0.2) is 10.8 Å². The maximum atomic E-state index is 12.3. The number of nitrogens with one attached hydrogen (secondary N) is 1. The number of carbonyl (C=O) groups excluding carboxylic acids is 1. The summed E-state index contributed by atoms with van der Waals surface area (Å²) in [6, 6.07) is 10.1. The number of benzene rings is 2. The molecule has 0 bridgehead atoms. The monoisotopic (exact) mass is 362 g/mol. The van der Waals surface area contributed by atoms with E-state index in [0.717, 1.165) is 16.5 Å². The third-order valence-electron chi connectivity index (χ3n) is 3.36. The number of rotatable bonds is 4. The van der Waals surface area contributed by atoms with Crippen molar-refractivity contribution in [3.05, 3.63) is 67.7 Å². The Morgan fingerprint density at radius 2 is 2.00 bits per heavy atom. The molecule has 22 heavy (non-hydrogen) atoms. The Morgan fingerprint density at radius 3 is 2.59 bits per heavy atom. The van der Waals surface area contributed by atoms with Gasteiger partial charge in [0.05, 0.1) is 10.6 Å². The molecular formula is C16H15BrN2O3. The number of hydrogen-bond donors (Lipinski definition) is 1. The van der Waals surface area contributed by atoms with Gasteiger partial charge >= 0.3 is 0 Å². The highest BCUT2D eigenvalue weighted by Gasteiger charge is 2.15. The van der Waals surface area contributed by atoms with Crippen LogP contribution in [0, 0.1) is 17.0 Å². The predicted molar refractivity (Wildman–Crippen MR) is 89.3 cm³/mol. The van der Waals surface area contributed by atoms with Crippen LogP contribution in [0.3, 0.4) is 0 Å². The van der Waals surface area contributed by atoms with Crippen molar-refractivity contribution in [2.45, 2.75) is 20.3 Å². The van der Waals surface area contributed by atoms with Crippen molar-refractivity contribution in [3.63, 3.8) is 0 Å². The molecule has 0 spiro atoms. The number of nitrogens with zero attached hydrogens (tertiary/aromatic N) is 1. The molecule has 114 valence electrons. The zero-order chi connectivity index (χ0) is 16.3. The van der Waals surface area contributed by atoms with Crippen LogP contribution in [0.4, 0.5) is 11.4 Å². The van der Waals surface area contributed by atoms with Crippen molar-refractivity contribution in [3.8, 4) is 0 Å². The molecule has 6 heteroatoms. The van der Waals surface area contributed by atoms with Crippen LogP contribution in [-0.2, 0) is 6.42 Å². The van der Waals surface area contributed by atoms with Crippen molar-refractivity contribution in [1.29, 1.82) is 0 Å². The minimum Gasteiger partial charge on any atom is -0.321 e. The van der Waals surface area contributed by atoms with Gasteiger partial charge in [0.1, 0.15) is 0 Å². The molecule has 2 aromatic rings. The van der Waals surface area contributed by atoms with Crippen LogP contribution in [0.1, 0.15) is 28.4 Å². The first kappa shape index (κ1) is 16.2. The molecule has 0 aliphatic heterocycles. The Kier molecular flexibility index (Phi) is 4.92. The van der Waals surface area contributed by atoms with Gasteiger partial charge in [0.15, 0.2) is 0 Å². The zero-order valence-corrected chi connectivity index (χ0v) is 13.8. The lowest BCUT2D eigenvalue weighted by atomic mass is 10.1. The van der Waals surface area contributed by atoms with Crippen LogP contribution in [0.15, 0.2) is 40.9 Å². The van der Waals surface area contributed by atoms with E-state index < -0.39 is 4.92 Å². The van der Waals surface area contributed by atoms with Gasteiger partial charge in [-0.3, -0.25) is 14.9 Å². The second-order valence-corrected chi connectivity index (χ2v) is 5.73. The average Bonchev–Trinajstić information content (AvgIpc) is 2.49. The highest BCUT2D eigenvalue weighted by Crippen LogP contribution is 2.25. The summed E-state index contributed by atoms with van der Waals surface area (Å²) >= 11 is 3.42. The Labute approximate surface area is 136 Å². The highest BCUT2D eigenvalue weighted by molar-refractivity contribution is 9.10. The van der Waals surface area contributed by atoms with Crippen LogP contribution in [0.25, 0.3) is 0 Å². The molecular weight excluding hydrogens is 348 g/mol. The summed E-state index contributed by atoms with van der Waals surface area (Å²) in [4.78, 5) is 22.7. The number of aryl methyl sites for hydroxylation is 2. The first-order valence-electron chi connectivity index (χ1n) is 6.77. The summed E-state index contributed by atoms with van der Waals surface area (Å²) in [6.07, 6.45) is 0.900. The van der Waals surface area contributed by atoms with Crippen molar-refractivity contribution in [2.75, 3.05) is 5.32 Å². The van der Waals surface area contributed by atoms with Gasteiger partial charge < -0.3 is 5.32 Å². The van der Waals surface area contributed by atoms with Gasteiger partial charge in [-0.2, -0.15) is 0 Å². The van der Waals surface area contributed by atoms with E-state index in [0.29, 0.717) is 11.3 Å². The number of amides is 1. The smallest absolute Gasteiger partial charge is 0.273 e. The van der Waals surface area contributed by atoms with Crippen LogP contribution < -0.4 is 5.32 Å². The summed E-state index contributed by atoms with van der Waals surface area (Å²) in [5.74, 6) is -0.381. The molecule has 2 aromatic carbocycles. The molecule has 0 aliphatic carbocycles. The second kappa shape index (κ2) is 6.70. The minimum absolute atomic E-state index is 0.0620. The minimum atomic E-state index is -0.488. The fourth-order valence-electron chi connectivity index (χ4n) is 2.02. The van der Waals surface area contributed by atoms with E-state index in [1.54, 1.807) is 19.1 Å². The molecule has 0 radical (unpaired) electrons. The molecule has 2 rings (SSSR count). The quantitative estimate of drug-likeness (QED) is 0.643. The van der Waals surface area contributed by atoms with Crippen molar-refractivity contribution < 1.29 is 9.72 Å². The topological polar surface area (TPSA) is 72.2 Å². The molecule has 0 unspecified atom stereocenters. The first-order chi connectivity index (χ1) is 10.4. The fourth-order valence-corrected chi connectivity index (χ4v) is 2.55. The molecule has 0 aromatic heterocycles. The standard InChI is InChI=1S/C16H15BrN2O3/c1-3-11-5-7-14(13(17)8-11)18-16(20)12-6-4-10(2)15(9-12)19(21)22/h4-9H,3H2,1-2H3,(H,18,20). The number of nitro groups is 1. The van der Waals surface area contributed by atoms with E-state index in [1.807, 2.05) is 25.1 Å². The summed E-state index contributed by atoms with van der Waals surface area (Å²) in [7, 11) is 0. The molecule has 0 saturated heterocycles. The van der Waals surface area contributed by atoms with Gasteiger partial charge in [-0.15, -0.1) is 0 Å². The Bertz CT molecular complexity index is 744. The van der Waals surface area contributed by atoms with Gasteiger partial charge in [-0.25, -0.2) is 0 Å². The van der Waals surface area contributed by atoms with E-state index in [9.17, 15) is 14.9 Å². The van der Waals surface area contributed by atoms with Gasteiger partial charge in [0.25, 0.3) is 11.6 Å². The fraction of sp³-hybridized carbons (Fsp3) is 0.188. The van der Waals surface area contributed by atoms with E-state index >= 15 is 0 Å². The lowest BCUT2D eigenvalue weighted by Crippen LogP contribution is -2.13. The molecule has 0 saturated carbocycles. The highest BCUT2D eigenvalue weighted by atomic mass is 79.9. The largest absolute Gasteiger partial charge is 0.321 e. The molecule has 1 amide bonds. The van der Waals surface area contributed by atoms with Gasteiger partial charge in [-0.1, -0.05) is 19.1 Å². The Morgan fingerprint density at radius 1 is 1.27 bits per heavy atom. The molecule has 0 aliphatic rings. The second-order valence-electron chi connectivity index (χ2n) is 4.88. The first-order valence-corrected chi connectivity index (χ1v) is 7.56. The Hall–Kier alpha value is -2.21. The molecule has 1 N–H and O–H groups in total. The normalized spacial score (nSPS) is 10.3. The third-order valence-corrected chi connectivity index (χ3v) is 4.01. The van der Waals surface area contributed by atoms with E-state index in [-0.39, 0.29) is 17.2 Å². The van der Waals surface area contributed by atoms with E-state index in [4.69, 9.17) is 0 Å². The van der Waals surface area contributed by atoms with Gasteiger partial charge in [0.2, 0.25) is 0 Å². The summed E-state index contributed by atoms with van der Waals surface area (Å²) < 4.78 is 0.779. The predicted octanol–water partition coefficient (Wildman–Crippen LogP) is 4.48. The number of nitro benzene ring substituents is 1. The average molecular weight is 363 g/mol. The van der Waals surface area contributed by atoms with Crippen LogP contribution >= 0.6 is 15.9 Å². The SMILES string of the molecule is CCc1ccc(NC(=O)c2ccc(C)c([N+](=O)[O-])c2)c(Br)c1. The lowest BCUT2D eigenvalue weighted by molar-refractivity contribution is -0.385. The molecule has 0 heterocycles. The van der Waals surface area contributed by atoms with Crippen LogP contribution in [0.2, 0.25) is 0 Å². The maximum Gasteiger partial charge on any atom is 0.273 e. The summed E-state index contributed by atoms with van der Waals surface area (Å²) in [5, 5.41) is 13.7. The van der Waals surface area contributed by atoms with Gasteiger partial charge in [0, 0.05) is 21.7 Å². The Balaban J connectivity index is 2.26. The molecule has 0 atom stereocenters. The number of hydrogen-bond acceptors (Lipinski definition) is 3. The zero-order valence-electron chi connectivity index (χ0n) is 12.2. The summed E-state index contributed by atoms with van der Waals surface area (Å²) in [6.45, 7) is 3.69. The summed E-state index contributed by atoms with van der Waals surface area (Å²) in [5.41, 5.74) is 2.49. The van der Waals surface area contributed by atoms with E-state index in [1.165, 1.54) is 6.07 Å². The van der Waals surface area contributed by atoms with Crippen molar-refractivity contribution in [1.82, 2.24) is 0 Å². The van der Waals surface area contributed by atoms with Crippen molar-refractivity contribution in [2.24, 2.45) is 0 Å². The maximum absolute atomic E-state index is 12.3. The van der Waals surface area contributed by atoms with Gasteiger partial charge in [-0.05, 0) is 53.0 Å². The molecule has 5 nitrogen and oxygen atoms in total.